The van der Waals surface area contributed by atoms with Crippen molar-refractivity contribution in [2.24, 2.45) is 11.8 Å². The lowest BCUT2D eigenvalue weighted by Crippen LogP contribution is -2.36. The van der Waals surface area contributed by atoms with E-state index in [-0.39, 0.29) is 30.6 Å². The number of esters is 4. The van der Waals surface area contributed by atoms with Crippen molar-refractivity contribution in [3.05, 3.63) is 83.9 Å². The number of carbonyl (C=O) groups excluding carboxylic acids is 4. The fraction of sp³-hybridized carbons (Fsp3) is 0.455. The van der Waals surface area contributed by atoms with Crippen LogP contribution in [-0.2, 0) is 51.3 Å². The molecule has 2 saturated carbocycles. The van der Waals surface area contributed by atoms with Crippen molar-refractivity contribution < 1.29 is 38.1 Å². The minimum Gasteiger partial charge on any atom is -0.458 e. The molecule has 2 fully saturated rings. The molecule has 0 amide bonds. The molecule has 0 saturated heterocycles. The maximum atomic E-state index is 12.9. The van der Waals surface area contributed by atoms with Crippen LogP contribution in [0.3, 0.4) is 0 Å². The van der Waals surface area contributed by atoms with Gasteiger partial charge in [0.2, 0.25) is 12.2 Å². The van der Waals surface area contributed by atoms with Gasteiger partial charge in [-0.15, -0.1) is 0 Å². The van der Waals surface area contributed by atoms with Gasteiger partial charge in [0.05, 0.1) is 6.42 Å². The normalized spacial score (nSPS) is 16.9. The SMILES string of the molecule is C=C(CC(=O)OC(C(=O)OCc1ccccc1)C1CCCC1)C(=O)OC(C(=O)OCc1ccccc1)C1CCCC1. The lowest BCUT2D eigenvalue weighted by Gasteiger charge is -2.23. The van der Waals surface area contributed by atoms with Gasteiger partial charge in [0, 0.05) is 17.4 Å². The van der Waals surface area contributed by atoms with Gasteiger partial charge < -0.3 is 18.9 Å². The van der Waals surface area contributed by atoms with E-state index in [0.29, 0.717) is 0 Å². The lowest BCUT2D eigenvalue weighted by atomic mass is 10.0. The number of hydrogen-bond donors (Lipinski definition) is 0. The lowest BCUT2D eigenvalue weighted by molar-refractivity contribution is -0.173. The van der Waals surface area contributed by atoms with E-state index in [9.17, 15) is 19.2 Å². The highest BCUT2D eigenvalue weighted by Gasteiger charge is 2.38. The molecule has 4 rings (SSSR count). The summed E-state index contributed by atoms with van der Waals surface area (Å²) in [5.74, 6) is -3.16. The summed E-state index contributed by atoms with van der Waals surface area (Å²) in [5.41, 5.74) is 1.49. The zero-order chi connectivity index (χ0) is 29.0. The summed E-state index contributed by atoms with van der Waals surface area (Å²) in [7, 11) is 0. The van der Waals surface area contributed by atoms with Gasteiger partial charge >= 0.3 is 23.9 Å². The van der Waals surface area contributed by atoms with Crippen molar-refractivity contribution in [1.82, 2.24) is 0 Å². The maximum Gasteiger partial charge on any atom is 0.348 e. The van der Waals surface area contributed by atoms with Crippen molar-refractivity contribution in [3.63, 3.8) is 0 Å². The molecule has 2 aromatic carbocycles. The Kier molecular flexibility index (Phi) is 11.1. The molecule has 2 unspecified atom stereocenters. The van der Waals surface area contributed by atoms with Crippen LogP contribution >= 0.6 is 0 Å². The second-order valence-corrected chi connectivity index (χ2v) is 10.8. The Hall–Kier alpha value is -3.94. The van der Waals surface area contributed by atoms with Crippen LogP contribution in [0.25, 0.3) is 0 Å². The van der Waals surface area contributed by atoms with E-state index in [1.165, 1.54) is 0 Å². The van der Waals surface area contributed by atoms with E-state index >= 15 is 0 Å². The van der Waals surface area contributed by atoms with Gasteiger partial charge in [0.1, 0.15) is 13.2 Å². The second-order valence-electron chi connectivity index (χ2n) is 10.8. The molecule has 41 heavy (non-hydrogen) atoms. The first-order valence-electron chi connectivity index (χ1n) is 14.4. The molecule has 0 spiro atoms. The predicted molar refractivity (Wildman–Crippen MR) is 150 cm³/mol. The second kappa shape index (κ2) is 15.2. The van der Waals surface area contributed by atoms with Crippen molar-refractivity contribution in [1.29, 1.82) is 0 Å². The summed E-state index contributed by atoms with van der Waals surface area (Å²) in [5, 5.41) is 0. The van der Waals surface area contributed by atoms with Gasteiger partial charge in [-0.3, -0.25) is 4.79 Å². The first kappa shape index (κ1) is 30.0. The molecule has 8 heteroatoms. The van der Waals surface area contributed by atoms with Gasteiger partial charge in [0.25, 0.3) is 0 Å². The van der Waals surface area contributed by atoms with Gasteiger partial charge in [-0.1, -0.05) is 92.9 Å². The Morgan fingerprint density at radius 2 is 1.07 bits per heavy atom. The van der Waals surface area contributed by atoms with Crippen LogP contribution in [0.2, 0.25) is 0 Å². The van der Waals surface area contributed by atoms with Crippen molar-refractivity contribution in [2.75, 3.05) is 0 Å². The fourth-order valence-corrected chi connectivity index (χ4v) is 5.44. The molecule has 2 aliphatic carbocycles. The van der Waals surface area contributed by atoms with E-state index in [1.807, 2.05) is 60.7 Å². The smallest absolute Gasteiger partial charge is 0.348 e. The number of hydrogen-bond acceptors (Lipinski definition) is 8. The standard InChI is InChI=1S/C33H38O8/c1-23(31(35)41-30(27-18-10-11-19-27)33(37)39-22-25-14-6-3-7-15-25)20-28(34)40-29(26-16-8-9-17-26)32(36)38-21-24-12-4-2-5-13-24/h2-7,12-15,26-27,29-30H,1,8-11,16-22H2. The summed E-state index contributed by atoms with van der Waals surface area (Å²) in [6.07, 6.45) is 4.09. The molecule has 0 aliphatic heterocycles. The minimum atomic E-state index is -1.08. The van der Waals surface area contributed by atoms with Gasteiger partial charge in [-0.2, -0.15) is 0 Å². The fourth-order valence-electron chi connectivity index (χ4n) is 5.44. The van der Waals surface area contributed by atoms with Crippen LogP contribution in [0, 0.1) is 11.8 Å². The van der Waals surface area contributed by atoms with Crippen LogP contribution < -0.4 is 0 Å². The van der Waals surface area contributed by atoms with E-state index in [0.717, 1.165) is 62.5 Å². The predicted octanol–water partition coefficient (Wildman–Crippen LogP) is 5.62. The van der Waals surface area contributed by atoms with Gasteiger partial charge in [0.15, 0.2) is 0 Å². The van der Waals surface area contributed by atoms with Crippen LogP contribution in [0.15, 0.2) is 72.8 Å². The molecule has 2 aliphatic rings. The summed E-state index contributed by atoms with van der Waals surface area (Å²) in [6.45, 7) is 3.85. The Bertz CT molecular complexity index is 1180. The molecule has 0 radical (unpaired) electrons. The van der Waals surface area contributed by atoms with Gasteiger partial charge in [-0.05, 0) is 36.8 Å². The van der Waals surface area contributed by atoms with Crippen molar-refractivity contribution in [2.45, 2.75) is 83.2 Å². The van der Waals surface area contributed by atoms with Crippen LogP contribution in [0.4, 0.5) is 0 Å². The quantitative estimate of drug-likeness (QED) is 0.176. The minimum absolute atomic E-state index is 0.0661. The molecule has 8 nitrogen and oxygen atoms in total. The highest BCUT2D eigenvalue weighted by Crippen LogP contribution is 2.32. The van der Waals surface area contributed by atoms with E-state index in [4.69, 9.17) is 18.9 Å². The third-order valence-electron chi connectivity index (χ3n) is 7.71. The van der Waals surface area contributed by atoms with E-state index in [1.54, 1.807) is 0 Å². The zero-order valence-corrected chi connectivity index (χ0v) is 23.3. The number of carbonyl (C=O) groups is 4. The van der Waals surface area contributed by atoms with Gasteiger partial charge in [-0.25, -0.2) is 14.4 Å². The highest BCUT2D eigenvalue weighted by molar-refractivity contribution is 5.95. The summed E-state index contributed by atoms with van der Waals surface area (Å²) >= 11 is 0. The summed E-state index contributed by atoms with van der Waals surface area (Å²) in [4.78, 5) is 51.6. The molecule has 2 atom stereocenters. The van der Waals surface area contributed by atoms with Crippen molar-refractivity contribution in [3.8, 4) is 0 Å². The van der Waals surface area contributed by atoms with Crippen LogP contribution in [0.1, 0.15) is 68.9 Å². The molecule has 0 aromatic heterocycles. The Morgan fingerprint density at radius 1 is 0.659 bits per heavy atom. The third-order valence-corrected chi connectivity index (χ3v) is 7.71. The Balaban J connectivity index is 1.32. The largest absolute Gasteiger partial charge is 0.458 e. The monoisotopic (exact) mass is 562 g/mol. The zero-order valence-electron chi connectivity index (χ0n) is 23.3. The first-order valence-corrected chi connectivity index (χ1v) is 14.4. The molecular weight excluding hydrogens is 524 g/mol. The van der Waals surface area contributed by atoms with E-state index < -0.39 is 42.5 Å². The Labute approximate surface area is 241 Å². The van der Waals surface area contributed by atoms with E-state index in [2.05, 4.69) is 6.58 Å². The van der Waals surface area contributed by atoms with Crippen molar-refractivity contribution >= 4 is 23.9 Å². The molecular formula is C33H38O8. The topological polar surface area (TPSA) is 105 Å². The molecule has 2 aromatic rings. The highest BCUT2D eigenvalue weighted by atomic mass is 16.6. The maximum absolute atomic E-state index is 12.9. The number of benzene rings is 2. The summed E-state index contributed by atoms with van der Waals surface area (Å²) in [6, 6.07) is 18.5. The molecule has 218 valence electrons. The molecule has 0 N–H and O–H groups in total. The average molecular weight is 563 g/mol. The van der Waals surface area contributed by atoms with Crippen LogP contribution in [0.5, 0.6) is 0 Å². The molecule has 0 bridgehead atoms. The number of ether oxygens (including phenoxy) is 4. The summed E-state index contributed by atoms with van der Waals surface area (Å²) < 4.78 is 22.1. The average Bonchev–Trinajstić information content (AvgIpc) is 3.72. The third kappa shape index (κ3) is 9.03. The first-order chi connectivity index (χ1) is 19.9. The van der Waals surface area contributed by atoms with Crippen LogP contribution in [-0.4, -0.2) is 36.1 Å². The Morgan fingerprint density at radius 3 is 1.51 bits per heavy atom. The number of rotatable bonds is 13. The molecule has 0 heterocycles.